The van der Waals surface area contributed by atoms with Crippen molar-refractivity contribution in [1.29, 1.82) is 0 Å². The molecule has 350 valence electrons. The first-order valence-corrected chi connectivity index (χ1v) is 25.8. The average molecular weight is 929 g/mol. The van der Waals surface area contributed by atoms with Gasteiger partial charge < -0.3 is 9.47 Å². The van der Waals surface area contributed by atoms with Crippen molar-refractivity contribution < 1.29 is 0 Å². The molecule has 0 bridgehead atoms. The van der Waals surface area contributed by atoms with E-state index in [0.29, 0.717) is 11.8 Å². The molecular weight excluding hydrogens is 869 g/mol. The molecule has 2 heteroatoms. The molecular formula is C70H60N2. The molecule has 1 aliphatic rings. The van der Waals surface area contributed by atoms with Gasteiger partial charge in [-0.15, -0.1) is 0 Å². The Balaban J connectivity index is 0.933. The second-order valence-corrected chi connectivity index (χ2v) is 20.7. The van der Waals surface area contributed by atoms with E-state index in [9.17, 15) is 0 Å². The van der Waals surface area contributed by atoms with E-state index in [4.69, 9.17) is 0 Å². The largest absolute Gasteiger partial charge is 0.310 e. The molecule has 1 atom stereocenters. The Kier molecular flexibility index (Phi) is 11.4. The monoisotopic (exact) mass is 928 g/mol. The first-order valence-electron chi connectivity index (χ1n) is 25.8. The summed E-state index contributed by atoms with van der Waals surface area (Å²) < 4.78 is 2.44. The van der Waals surface area contributed by atoms with E-state index in [1.54, 1.807) is 0 Å². The number of fused-ring (bicyclic) bond motifs is 6. The smallest absolute Gasteiger partial charge is 0.0541 e. The topological polar surface area (TPSA) is 8.17 Å². The summed E-state index contributed by atoms with van der Waals surface area (Å²) >= 11 is 0. The Morgan fingerprint density at radius 3 is 1.36 bits per heavy atom. The zero-order chi connectivity index (χ0) is 49.1. The van der Waals surface area contributed by atoms with Gasteiger partial charge in [0.05, 0.1) is 11.0 Å². The lowest BCUT2D eigenvalue weighted by atomic mass is 9.82. The van der Waals surface area contributed by atoms with Crippen molar-refractivity contribution in [1.82, 2.24) is 4.57 Å². The first kappa shape index (κ1) is 45.0. The first-order chi connectivity index (χ1) is 35.1. The van der Waals surface area contributed by atoms with E-state index in [1.165, 1.54) is 105 Å². The van der Waals surface area contributed by atoms with Crippen LogP contribution in [-0.2, 0) is 5.41 Å². The summed E-state index contributed by atoms with van der Waals surface area (Å²) in [6, 6.07) is 86.1. The Labute approximate surface area is 425 Å². The highest BCUT2D eigenvalue weighted by molar-refractivity contribution is 6.11. The SMILES string of the molecule is CCC(C)c1ccc(-c2ccc(-c3ccc4c(c3)c3cc(-c5ccc(N(c6ccc(-c7ccccc7)cc6)c6ccc7c(c6)C(C)(C)c6ccccc6-7)cc5)ccc3n4-c3ccc(C(C)C)cc3)cc2)cc1. The number of aromatic nitrogens is 1. The lowest BCUT2D eigenvalue weighted by molar-refractivity contribution is 0.660. The van der Waals surface area contributed by atoms with Gasteiger partial charge in [-0.05, 0) is 169 Å². The van der Waals surface area contributed by atoms with Crippen molar-refractivity contribution in [2.24, 2.45) is 0 Å². The third-order valence-corrected chi connectivity index (χ3v) is 15.7. The molecule has 0 fully saturated rings. The maximum atomic E-state index is 2.44. The molecule has 1 aromatic heterocycles. The minimum atomic E-state index is -0.112. The van der Waals surface area contributed by atoms with E-state index < -0.39 is 0 Å². The molecule has 11 aromatic rings. The van der Waals surface area contributed by atoms with Crippen molar-refractivity contribution in [3.63, 3.8) is 0 Å². The van der Waals surface area contributed by atoms with Gasteiger partial charge in [0.15, 0.2) is 0 Å². The Morgan fingerprint density at radius 1 is 0.389 bits per heavy atom. The number of hydrogen-bond acceptors (Lipinski definition) is 1. The van der Waals surface area contributed by atoms with Crippen LogP contribution >= 0.6 is 0 Å². The van der Waals surface area contributed by atoms with Gasteiger partial charge in [0.25, 0.3) is 0 Å². The standard InChI is InChI=1S/C70H60N2/c1-7-47(4)49-17-19-51(20-18-49)52-21-23-54(24-22-52)56-31-41-68-64(43-56)65-44-57(32-42-69(65)72(68)60-33-25-48(26-34-60)46(2)3)55-29-37-59(38-30-55)71(58-35-27-53(28-36-58)50-13-9-8-10-14-50)61-39-40-63-62-15-11-12-16-66(62)70(5,6)67(63)45-61/h8-47H,7H2,1-6H3. The maximum absolute atomic E-state index is 2.44. The molecule has 2 nitrogen and oxygen atoms in total. The molecule has 1 aliphatic carbocycles. The maximum Gasteiger partial charge on any atom is 0.0541 e. The van der Waals surface area contributed by atoms with E-state index in [2.05, 4.69) is 282 Å². The number of rotatable bonds is 11. The van der Waals surface area contributed by atoms with E-state index >= 15 is 0 Å². The zero-order valence-corrected chi connectivity index (χ0v) is 42.2. The summed E-state index contributed by atoms with van der Waals surface area (Å²) in [6.45, 7) is 13.8. The van der Waals surface area contributed by atoms with Gasteiger partial charge in [0.2, 0.25) is 0 Å². The number of benzene rings is 10. The fraction of sp³-hybridized carbons (Fsp3) is 0.143. The van der Waals surface area contributed by atoms with Crippen LogP contribution in [0.15, 0.2) is 231 Å². The number of anilines is 3. The van der Waals surface area contributed by atoms with Gasteiger partial charge in [-0.25, -0.2) is 0 Å². The molecule has 12 rings (SSSR count). The minimum Gasteiger partial charge on any atom is -0.310 e. The highest BCUT2D eigenvalue weighted by atomic mass is 15.1. The highest BCUT2D eigenvalue weighted by Gasteiger charge is 2.35. The molecule has 10 aromatic carbocycles. The number of nitrogens with zero attached hydrogens (tertiary/aromatic N) is 2. The van der Waals surface area contributed by atoms with Crippen molar-refractivity contribution in [3.8, 4) is 61.3 Å². The van der Waals surface area contributed by atoms with Gasteiger partial charge in [-0.2, -0.15) is 0 Å². The molecule has 0 spiro atoms. The Morgan fingerprint density at radius 2 is 0.819 bits per heavy atom. The Hall–Kier alpha value is -8.20. The normalized spacial score (nSPS) is 13.1. The molecule has 72 heavy (non-hydrogen) atoms. The van der Waals surface area contributed by atoms with Gasteiger partial charge in [-0.3, -0.25) is 0 Å². The van der Waals surface area contributed by atoms with Crippen LogP contribution in [0.1, 0.15) is 82.1 Å². The number of hydrogen-bond donors (Lipinski definition) is 0. The average Bonchev–Trinajstić information content (AvgIpc) is 3.88. The summed E-state index contributed by atoms with van der Waals surface area (Å²) in [5, 5.41) is 2.48. The molecule has 1 heterocycles. The molecule has 0 aliphatic heterocycles. The zero-order valence-electron chi connectivity index (χ0n) is 42.2. The Bertz CT molecular complexity index is 3740. The second-order valence-electron chi connectivity index (χ2n) is 20.7. The summed E-state index contributed by atoms with van der Waals surface area (Å²) in [5.74, 6) is 1.04. The summed E-state index contributed by atoms with van der Waals surface area (Å²) in [5.41, 5.74) is 24.7. The highest BCUT2D eigenvalue weighted by Crippen LogP contribution is 2.51. The predicted molar refractivity (Wildman–Crippen MR) is 308 cm³/mol. The molecule has 0 saturated carbocycles. The third-order valence-electron chi connectivity index (χ3n) is 15.7. The summed E-state index contributed by atoms with van der Waals surface area (Å²) in [4.78, 5) is 2.41. The van der Waals surface area contributed by atoms with Gasteiger partial charge in [-0.1, -0.05) is 199 Å². The lowest BCUT2D eigenvalue weighted by Gasteiger charge is -2.28. The van der Waals surface area contributed by atoms with Crippen LogP contribution in [0.2, 0.25) is 0 Å². The molecule has 0 radical (unpaired) electrons. The van der Waals surface area contributed by atoms with Gasteiger partial charge in [0.1, 0.15) is 0 Å². The van der Waals surface area contributed by atoms with Crippen LogP contribution in [0.5, 0.6) is 0 Å². The van der Waals surface area contributed by atoms with Crippen LogP contribution in [0.4, 0.5) is 17.1 Å². The summed E-state index contributed by atoms with van der Waals surface area (Å²) in [6.07, 6.45) is 1.15. The van der Waals surface area contributed by atoms with E-state index in [-0.39, 0.29) is 5.41 Å². The minimum absolute atomic E-state index is 0.112. The molecule has 0 N–H and O–H groups in total. The van der Waals surface area contributed by atoms with Crippen LogP contribution < -0.4 is 4.90 Å². The predicted octanol–water partition coefficient (Wildman–Crippen LogP) is 19.9. The van der Waals surface area contributed by atoms with E-state index in [0.717, 1.165) is 23.5 Å². The van der Waals surface area contributed by atoms with Crippen molar-refractivity contribution >= 4 is 38.9 Å². The molecule has 0 saturated heterocycles. The lowest BCUT2D eigenvalue weighted by Crippen LogP contribution is -2.16. The van der Waals surface area contributed by atoms with Crippen molar-refractivity contribution in [2.75, 3.05) is 4.90 Å². The fourth-order valence-electron chi connectivity index (χ4n) is 11.3. The fourth-order valence-corrected chi connectivity index (χ4v) is 11.3. The van der Waals surface area contributed by atoms with Crippen LogP contribution in [0.25, 0.3) is 83.1 Å². The van der Waals surface area contributed by atoms with Crippen LogP contribution in [0, 0.1) is 0 Å². The molecule has 1 unspecified atom stereocenters. The van der Waals surface area contributed by atoms with Gasteiger partial charge in [0, 0.05) is 38.9 Å². The van der Waals surface area contributed by atoms with E-state index in [1.807, 2.05) is 0 Å². The third kappa shape index (κ3) is 7.92. The summed E-state index contributed by atoms with van der Waals surface area (Å²) in [7, 11) is 0. The van der Waals surface area contributed by atoms with Crippen LogP contribution in [-0.4, -0.2) is 4.57 Å². The van der Waals surface area contributed by atoms with Crippen molar-refractivity contribution in [3.05, 3.63) is 253 Å². The quantitative estimate of drug-likeness (QED) is 0.125. The van der Waals surface area contributed by atoms with Gasteiger partial charge >= 0.3 is 0 Å². The molecule has 0 amide bonds. The van der Waals surface area contributed by atoms with Crippen molar-refractivity contribution in [2.45, 2.75) is 65.2 Å². The van der Waals surface area contributed by atoms with Crippen LogP contribution in [0.3, 0.4) is 0 Å². The second kappa shape index (κ2) is 18.2.